The van der Waals surface area contributed by atoms with Gasteiger partial charge in [0.05, 0.1) is 5.56 Å². The van der Waals surface area contributed by atoms with Crippen molar-refractivity contribution in [3.05, 3.63) is 101 Å². The first-order chi connectivity index (χ1) is 15.4. The summed E-state index contributed by atoms with van der Waals surface area (Å²) >= 11 is 0. The highest BCUT2D eigenvalue weighted by Gasteiger charge is 2.33. The third kappa shape index (κ3) is 4.37. The zero-order valence-electron chi connectivity index (χ0n) is 16.8. The van der Waals surface area contributed by atoms with Crippen molar-refractivity contribution in [2.75, 3.05) is 13.2 Å². The van der Waals surface area contributed by atoms with Gasteiger partial charge in [-0.25, -0.2) is 9.18 Å². The van der Waals surface area contributed by atoms with E-state index in [4.69, 9.17) is 4.74 Å². The second kappa shape index (κ2) is 8.86. The van der Waals surface area contributed by atoms with Crippen molar-refractivity contribution in [1.82, 2.24) is 5.32 Å². The van der Waals surface area contributed by atoms with Crippen LogP contribution in [0, 0.1) is 5.82 Å². The number of hydrogen-bond acceptors (Lipinski definition) is 2. The molecule has 3 aromatic rings. The monoisotopic (exact) mass is 441 g/mol. The summed E-state index contributed by atoms with van der Waals surface area (Å²) < 4.78 is 58.3. The van der Waals surface area contributed by atoms with Crippen LogP contribution in [0.4, 0.5) is 22.4 Å². The number of amides is 1. The molecule has 0 aromatic heterocycles. The number of hydrogen-bond donors (Lipinski definition) is 1. The van der Waals surface area contributed by atoms with E-state index in [9.17, 15) is 22.4 Å². The summed E-state index contributed by atoms with van der Waals surface area (Å²) in [5, 5.41) is 2.45. The lowest BCUT2D eigenvalue weighted by Crippen LogP contribution is -2.26. The first-order valence-corrected chi connectivity index (χ1v) is 9.97. The summed E-state index contributed by atoms with van der Waals surface area (Å²) in [4.78, 5) is 12.1. The van der Waals surface area contributed by atoms with Crippen molar-refractivity contribution >= 4 is 12.2 Å². The Kier molecular flexibility index (Phi) is 5.99. The van der Waals surface area contributed by atoms with Crippen molar-refractivity contribution in [2.45, 2.75) is 12.1 Å². The number of alkyl halides is 3. The number of nitrogens with one attached hydrogen (secondary N) is 1. The largest absolute Gasteiger partial charge is 0.449 e. The lowest BCUT2D eigenvalue weighted by Gasteiger charge is -2.14. The minimum absolute atomic E-state index is 0.101. The minimum Gasteiger partial charge on any atom is -0.449 e. The fourth-order valence-electron chi connectivity index (χ4n) is 3.92. The van der Waals surface area contributed by atoms with Gasteiger partial charge in [-0.2, -0.15) is 13.2 Å². The summed E-state index contributed by atoms with van der Waals surface area (Å²) in [7, 11) is 0. The van der Waals surface area contributed by atoms with Gasteiger partial charge in [0, 0.05) is 18.0 Å². The fourth-order valence-corrected chi connectivity index (χ4v) is 3.92. The third-order valence-corrected chi connectivity index (χ3v) is 5.35. The van der Waals surface area contributed by atoms with Crippen LogP contribution in [-0.4, -0.2) is 19.2 Å². The average molecular weight is 441 g/mol. The predicted molar refractivity (Wildman–Crippen MR) is 114 cm³/mol. The van der Waals surface area contributed by atoms with Crippen molar-refractivity contribution in [2.24, 2.45) is 0 Å². The van der Waals surface area contributed by atoms with Gasteiger partial charge in [-0.1, -0.05) is 66.7 Å². The molecule has 1 aliphatic rings. The van der Waals surface area contributed by atoms with Crippen molar-refractivity contribution in [3.8, 4) is 11.1 Å². The van der Waals surface area contributed by atoms with E-state index < -0.39 is 29.2 Å². The highest BCUT2D eigenvalue weighted by Crippen LogP contribution is 2.44. The summed E-state index contributed by atoms with van der Waals surface area (Å²) in [5.74, 6) is -1.09. The maximum absolute atomic E-state index is 13.8. The summed E-state index contributed by atoms with van der Waals surface area (Å²) in [6.07, 6.45) is -3.14. The Hall–Kier alpha value is -3.61. The van der Waals surface area contributed by atoms with E-state index in [0.717, 1.165) is 46.5 Å². The molecule has 0 radical (unpaired) electrons. The number of carbonyl (C=O) groups is 1. The highest BCUT2D eigenvalue weighted by molar-refractivity contribution is 5.79. The van der Waals surface area contributed by atoms with Gasteiger partial charge in [0.2, 0.25) is 0 Å². The van der Waals surface area contributed by atoms with Crippen LogP contribution in [0.5, 0.6) is 0 Å². The van der Waals surface area contributed by atoms with Gasteiger partial charge in [0.25, 0.3) is 0 Å². The van der Waals surface area contributed by atoms with Gasteiger partial charge < -0.3 is 10.1 Å². The lowest BCUT2D eigenvalue weighted by atomic mass is 9.98. The molecule has 0 unspecified atom stereocenters. The Balaban J connectivity index is 1.37. The minimum atomic E-state index is -4.68. The molecule has 1 N–H and O–H groups in total. The van der Waals surface area contributed by atoms with Crippen LogP contribution in [0.25, 0.3) is 17.2 Å². The van der Waals surface area contributed by atoms with E-state index in [2.05, 4.69) is 5.32 Å². The molecule has 3 aromatic carbocycles. The number of carbonyl (C=O) groups excluding carboxylic acids is 1. The molecule has 4 rings (SSSR count). The molecule has 0 bridgehead atoms. The van der Waals surface area contributed by atoms with Crippen molar-refractivity contribution in [3.63, 3.8) is 0 Å². The van der Waals surface area contributed by atoms with Gasteiger partial charge in [-0.15, -0.1) is 0 Å². The van der Waals surface area contributed by atoms with Crippen LogP contribution in [-0.2, 0) is 10.9 Å². The van der Waals surface area contributed by atoms with E-state index in [1.165, 1.54) is 6.08 Å². The smallest absolute Gasteiger partial charge is 0.417 e. The topological polar surface area (TPSA) is 38.3 Å². The van der Waals surface area contributed by atoms with Crippen LogP contribution in [0.2, 0.25) is 0 Å². The number of benzene rings is 3. The maximum atomic E-state index is 13.8. The Morgan fingerprint density at radius 2 is 1.56 bits per heavy atom. The zero-order valence-corrected chi connectivity index (χ0v) is 16.8. The van der Waals surface area contributed by atoms with Gasteiger partial charge in [0.15, 0.2) is 0 Å². The Morgan fingerprint density at radius 3 is 2.19 bits per heavy atom. The Labute approximate surface area is 182 Å². The molecule has 0 heterocycles. The average Bonchev–Trinajstić information content (AvgIpc) is 3.09. The van der Waals surface area contributed by atoms with Crippen molar-refractivity contribution < 1.29 is 27.1 Å². The fraction of sp³-hybridized carbons (Fsp3) is 0.160. The van der Waals surface area contributed by atoms with Crippen molar-refractivity contribution in [1.29, 1.82) is 0 Å². The molecule has 0 saturated heterocycles. The molecule has 0 aliphatic heterocycles. The van der Waals surface area contributed by atoms with E-state index in [0.29, 0.717) is 0 Å². The normalized spacial score (nSPS) is 13.1. The van der Waals surface area contributed by atoms with Crippen LogP contribution >= 0.6 is 0 Å². The number of ether oxygens (including phenoxy) is 1. The molecule has 1 amide bonds. The molecule has 0 atom stereocenters. The summed E-state index contributed by atoms with van der Waals surface area (Å²) in [6, 6.07) is 18.6. The molecule has 164 valence electrons. The van der Waals surface area contributed by atoms with Gasteiger partial charge in [-0.05, 0) is 34.4 Å². The summed E-state index contributed by atoms with van der Waals surface area (Å²) in [5.41, 5.74) is 2.70. The highest BCUT2D eigenvalue weighted by atomic mass is 19.4. The Bertz CT molecular complexity index is 1130. The maximum Gasteiger partial charge on any atom is 0.417 e. The van der Waals surface area contributed by atoms with Crippen LogP contribution in [0.15, 0.2) is 72.8 Å². The van der Waals surface area contributed by atoms with E-state index >= 15 is 0 Å². The molecule has 1 aliphatic carbocycles. The number of halogens is 4. The number of fused-ring (bicyclic) bond motifs is 3. The molecule has 32 heavy (non-hydrogen) atoms. The van der Waals surface area contributed by atoms with Crippen LogP contribution in [0.3, 0.4) is 0 Å². The molecule has 7 heteroatoms. The molecular weight excluding hydrogens is 422 g/mol. The third-order valence-electron chi connectivity index (χ3n) is 5.35. The molecule has 0 spiro atoms. The number of rotatable bonds is 5. The van der Waals surface area contributed by atoms with E-state index in [1.807, 2.05) is 48.5 Å². The summed E-state index contributed by atoms with van der Waals surface area (Å²) in [6.45, 7) is 0.0113. The molecule has 3 nitrogen and oxygen atoms in total. The SMILES string of the molecule is O=C(NCC=Cc1c(F)cccc1C(F)(F)F)OCC1c2ccccc2-c2ccccc21. The Morgan fingerprint density at radius 1 is 0.938 bits per heavy atom. The van der Waals surface area contributed by atoms with Crippen LogP contribution in [0.1, 0.15) is 28.2 Å². The second-order valence-electron chi connectivity index (χ2n) is 7.31. The van der Waals surface area contributed by atoms with Gasteiger partial charge in [-0.3, -0.25) is 0 Å². The molecule has 0 saturated carbocycles. The van der Waals surface area contributed by atoms with E-state index in [1.54, 1.807) is 0 Å². The van der Waals surface area contributed by atoms with Crippen LogP contribution < -0.4 is 5.32 Å². The van der Waals surface area contributed by atoms with Gasteiger partial charge in [0.1, 0.15) is 12.4 Å². The van der Waals surface area contributed by atoms with E-state index in [-0.39, 0.29) is 19.1 Å². The standard InChI is InChI=1S/C25H19F4NO2/c26-23-13-5-12-22(25(27,28)29)20(23)11-6-14-30-24(31)32-15-21-18-9-3-1-7-16(18)17-8-2-4-10-19(17)21/h1-13,21H,14-15H2,(H,30,31). The number of alkyl carbamates (subject to hydrolysis) is 1. The molecule has 0 fully saturated rings. The predicted octanol–water partition coefficient (Wildman–Crippen LogP) is 6.40. The first kappa shape index (κ1) is 21.6. The van der Waals surface area contributed by atoms with Gasteiger partial charge >= 0.3 is 12.3 Å². The second-order valence-corrected chi connectivity index (χ2v) is 7.31. The zero-order chi connectivity index (χ0) is 22.7. The molecular formula is C25H19F4NO2. The first-order valence-electron chi connectivity index (χ1n) is 9.97. The lowest BCUT2D eigenvalue weighted by molar-refractivity contribution is -0.137. The quantitative estimate of drug-likeness (QED) is 0.466.